The number of rotatable bonds is 24. The second-order valence-corrected chi connectivity index (χ2v) is 19.3. The number of aromatic nitrogens is 1. The average molecular weight is 929 g/mol. The number of hydrogen-bond acceptors (Lipinski definition) is 15. The van der Waals surface area contributed by atoms with Gasteiger partial charge in [0, 0.05) is 68.8 Å². The van der Waals surface area contributed by atoms with Gasteiger partial charge in [-0.3, -0.25) is 4.79 Å². The van der Waals surface area contributed by atoms with Crippen LogP contribution in [-0.4, -0.2) is 155 Å². The van der Waals surface area contributed by atoms with Gasteiger partial charge in [-0.25, -0.2) is 4.98 Å². The third-order valence-corrected chi connectivity index (χ3v) is 13.8. The Kier molecular flexibility index (Phi) is 22.1. The second kappa shape index (κ2) is 25.7. The van der Waals surface area contributed by atoms with Gasteiger partial charge in [-0.05, 0) is 64.9 Å². The van der Waals surface area contributed by atoms with Gasteiger partial charge >= 0.3 is 0 Å². The Labute approximate surface area is 392 Å². The number of hydrogen-bond donors (Lipinski definition) is 7. The molecule has 1 spiro atoms. The summed E-state index contributed by atoms with van der Waals surface area (Å²) in [6.45, 7) is 17.3. The van der Waals surface area contributed by atoms with Crippen molar-refractivity contribution in [3.8, 4) is 6.07 Å². The number of amides is 1. The lowest BCUT2D eigenvalue weighted by atomic mass is 9.72. The highest BCUT2D eigenvalue weighted by molar-refractivity contribution is 5.81. The van der Waals surface area contributed by atoms with Gasteiger partial charge in [0.25, 0.3) is 5.91 Å². The van der Waals surface area contributed by atoms with Crippen LogP contribution in [0.1, 0.15) is 105 Å². The maximum Gasteiger partial charge on any atom is 0.251 e. The Bertz CT molecular complexity index is 1890. The predicted octanol–water partition coefficient (Wildman–Crippen LogP) is 4.57. The monoisotopic (exact) mass is 929 g/mol. The van der Waals surface area contributed by atoms with Gasteiger partial charge in [0.2, 0.25) is 0 Å². The molecule has 7 N–H and O–H groups in total. The van der Waals surface area contributed by atoms with Crippen LogP contribution in [0.15, 0.2) is 63.9 Å². The summed E-state index contributed by atoms with van der Waals surface area (Å²) in [5.41, 5.74) is 2.38. The minimum Gasteiger partial charge on any atom is -0.448 e. The van der Waals surface area contributed by atoms with Crippen LogP contribution in [0, 0.1) is 34.5 Å². The molecule has 0 bridgehead atoms. The highest BCUT2D eigenvalue weighted by atomic mass is 16.7. The molecule has 2 saturated heterocycles. The van der Waals surface area contributed by atoms with Gasteiger partial charge in [0.1, 0.15) is 24.2 Å². The fourth-order valence-electron chi connectivity index (χ4n) is 8.64. The first kappa shape index (κ1) is 56.8. The van der Waals surface area contributed by atoms with Crippen molar-refractivity contribution in [2.45, 2.75) is 161 Å². The first-order chi connectivity index (χ1) is 31.0. The molecule has 0 saturated carbocycles. The van der Waals surface area contributed by atoms with Crippen LogP contribution in [0.2, 0.25) is 0 Å². The van der Waals surface area contributed by atoms with Crippen LogP contribution < -0.4 is 5.32 Å². The Morgan fingerprint density at radius 3 is 2.38 bits per heavy atom. The zero-order valence-electron chi connectivity index (χ0n) is 41.4. The molecule has 0 aliphatic carbocycles. The molecule has 2 fully saturated rings. The van der Waals surface area contributed by atoms with E-state index < -0.39 is 84.0 Å². The number of aliphatic hydroxyl groups is 6. The lowest BCUT2D eigenvalue weighted by Gasteiger charge is -2.49. The van der Waals surface area contributed by atoms with Crippen molar-refractivity contribution in [1.82, 2.24) is 15.2 Å². The van der Waals surface area contributed by atoms with Gasteiger partial charge in [0.15, 0.2) is 17.8 Å². The Hall–Kier alpha value is -3.57. The summed E-state index contributed by atoms with van der Waals surface area (Å²) < 4.78 is 30.2. The topological polar surface area (TPSA) is 240 Å². The van der Waals surface area contributed by atoms with E-state index >= 15 is 0 Å². The summed E-state index contributed by atoms with van der Waals surface area (Å²) in [4.78, 5) is 18.9. The Morgan fingerprint density at radius 1 is 1.08 bits per heavy atom. The number of allylic oxidation sites excluding steroid dienone is 7. The molecular weight excluding hydrogens is 849 g/mol. The third-order valence-electron chi connectivity index (χ3n) is 13.8. The molecule has 3 heterocycles. The second-order valence-electron chi connectivity index (χ2n) is 19.3. The number of oxazole rings is 1. The summed E-state index contributed by atoms with van der Waals surface area (Å²) in [7, 11) is 6.43. The zero-order valence-corrected chi connectivity index (χ0v) is 41.4. The van der Waals surface area contributed by atoms with Crippen molar-refractivity contribution >= 4 is 12.0 Å². The first-order valence-electron chi connectivity index (χ1n) is 23.1. The molecular formula is C50H80N4O12. The number of ether oxygens (including phenoxy) is 4. The van der Waals surface area contributed by atoms with Crippen molar-refractivity contribution in [3.63, 3.8) is 0 Å². The fourth-order valence-corrected chi connectivity index (χ4v) is 8.64. The molecule has 1 aromatic heterocycles. The highest BCUT2D eigenvalue weighted by Gasteiger charge is 2.66. The first-order valence-corrected chi connectivity index (χ1v) is 23.1. The van der Waals surface area contributed by atoms with Gasteiger partial charge < -0.3 is 64.2 Å². The van der Waals surface area contributed by atoms with E-state index in [9.17, 15) is 35.4 Å². The number of methoxy groups -OCH3 is 2. The quantitative estimate of drug-likeness (QED) is 0.0555. The number of nitrogens with one attached hydrogen (secondary N) is 1. The molecule has 1 amide bonds. The Morgan fingerprint density at radius 2 is 1.76 bits per heavy atom. The maximum atomic E-state index is 12.6. The third kappa shape index (κ3) is 14.5. The number of aliphatic hydroxyl groups excluding tert-OH is 6. The van der Waals surface area contributed by atoms with E-state index in [1.54, 1.807) is 32.0 Å². The van der Waals surface area contributed by atoms with E-state index in [0.29, 0.717) is 24.4 Å². The Balaban J connectivity index is 1.63. The van der Waals surface area contributed by atoms with Gasteiger partial charge in [-0.1, -0.05) is 77.5 Å². The standard InChI is InChI=1S/C50H80N4O12/c1-29(20-22-51)16-14-17-30(2)32(4)24-33(5)42(57)35(7)38(55)25-41(63-13)45-46(60)49(8,9)50(66-45)26-39(56)34(6)40(65-50)19-15-18-36-27-64-48(53-36)31(3)21-23-52-47(61)44(59)43(58)37(28-62-12)54(10)11/h14-18,20,24,27,31,33-35,37-46,55-60H,19,21,23,25-26,28H2,1-13H3,(H,52,61). The highest BCUT2D eigenvalue weighted by Crippen LogP contribution is 2.55. The maximum absolute atomic E-state index is 12.6. The fraction of sp³-hybridized carbons (Fsp3) is 0.700. The molecule has 3 rings (SSSR count). The number of nitrogens with zero attached hydrogens (tertiary/aromatic N) is 3. The van der Waals surface area contributed by atoms with E-state index in [2.05, 4.69) is 10.3 Å². The molecule has 0 aromatic carbocycles. The number of nitriles is 1. The summed E-state index contributed by atoms with van der Waals surface area (Å²) in [6, 6.07) is 1.44. The van der Waals surface area contributed by atoms with Crippen molar-refractivity contribution < 1.29 is 58.8 Å². The zero-order chi connectivity index (χ0) is 49.7. The normalized spacial score (nSPS) is 28.3. The van der Waals surface area contributed by atoms with Crippen LogP contribution >= 0.6 is 0 Å². The molecule has 0 radical (unpaired) electrons. The minimum atomic E-state index is -1.63. The molecule has 2 aliphatic rings. The summed E-state index contributed by atoms with van der Waals surface area (Å²) >= 11 is 0. The largest absolute Gasteiger partial charge is 0.448 e. The van der Waals surface area contributed by atoms with E-state index in [1.165, 1.54) is 26.6 Å². The van der Waals surface area contributed by atoms with Crippen molar-refractivity contribution in [2.24, 2.45) is 23.2 Å². The molecule has 2 aliphatic heterocycles. The van der Waals surface area contributed by atoms with Gasteiger partial charge in [-0.2, -0.15) is 5.26 Å². The van der Waals surface area contributed by atoms with E-state index in [1.807, 2.05) is 91.8 Å². The van der Waals surface area contributed by atoms with Crippen molar-refractivity contribution in [2.75, 3.05) is 41.5 Å². The van der Waals surface area contributed by atoms with Crippen LogP contribution in [0.4, 0.5) is 0 Å². The molecule has 16 heteroatoms. The number of carbonyl (C=O) groups excluding carboxylic acids is 1. The smallest absolute Gasteiger partial charge is 0.251 e. The summed E-state index contributed by atoms with van der Waals surface area (Å²) in [5.74, 6) is -2.91. The molecule has 1 aromatic rings. The molecule has 15 atom stereocenters. The molecule has 16 nitrogen and oxygen atoms in total. The summed E-state index contributed by atoms with van der Waals surface area (Å²) in [6.07, 6.45) is 6.39. The van der Waals surface area contributed by atoms with Crippen molar-refractivity contribution in [1.29, 1.82) is 5.26 Å². The predicted molar refractivity (Wildman–Crippen MR) is 251 cm³/mol. The number of likely N-dealkylation sites (N-methyl/N-ethyl adjacent to an activating group) is 1. The van der Waals surface area contributed by atoms with Crippen LogP contribution in [0.25, 0.3) is 6.08 Å². The van der Waals surface area contributed by atoms with E-state index in [0.717, 1.165) is 16.7 Å². The lowest BCUT2D eigenvalue weighted by molar-refractivity contribution is -0.334. The van der Waals surface area contributed by atoms with E-state index in [4.69, 9.17) is 28.6 Å². The van der Waals surface area contributed by atoms with Crippen LogP contribution in [-0.2, 0) is 23.7 Å². The van der Waals surface area contributed by atoms with Crippen LogP contribution in [0.5, 0.6) is 0 Å². The summed E-state index contributed by atoms with van der Waals surface area (Å²) in [5, 5.41) is 78.6. The molecule has 66 heavy (non-hydrogen) atoms. The SMILES string of the molecule is COCC(C(O)C(O)C(=O)NCCC(C)c1nc(C=CCC2OC3(CC(O)C2C)OC(C(CC(O)C(C)C(O)C(C)C=C(C)C(C)=CC=CC(C)=CC#N)OC)C(O)C3(C)C)co1)N(C)C. The lowest BCUT2D eigenvalue weighted by Crippen LogP contribution is -2.58. The van der Waals surface area contributed by atoms with Gasteiger partial charge in [0.05, 0.1) is 55.3 Å². The van der Waals surface area contributed by atoms with Crippen molar-refractivity contribution in [3.05, 3.63) is 71.0 Å². The van der Waals surface area contributed by atoms with E-state index in [-0.39, 0.29) is 43.7 Å². The molecule has 15 unspecified atom stereocenters. The van der Waals surface area contributed by atoms with Crippen LogP contribution in [0.3, 0.4) is 0 Å². The minimum absolute atomic E-state index is 0.0649. The average Bonchev–Trinajstić information content (AvgIpc) is 3.81. The number of carbonyl (C=O) groups is 1. The van der Waals surface area contributed by atoms with Gasteiger partial charge in [-0.15, -0.1) is 0 Å². The molecule has 372 valence electrons.